The van der Waals surface area contributed by atoms with E-state index in [0.29, 0.717) is 12.3 Å². The monoisotopic (exact) mass is 159 g/mol. The molecule has 0 radical (unpaired) electrons. The van der Waals surface area contributed by atoms with Gasteiger partial charge < -0.3 is 10.4 Å². The van der Waals surface area contributed by atoms with Crippen molar-refractivity contribution in [2.24, 2.45) is 5.92 Å². The van der Waals surface area contributed by atoms with E-state index in [2.05, 4.69) is 5.32 Å². The average molecular weight is 159 g/mol. The molecule has 0 amide bonds. The first-order valence-corrected chi connectivity index (χ1v) is 3.84. The second kappa shape index (κ2) is 3.72. The van der Waals surface area contributed by atoms with Crippen LogP contribution in [0.2, 0.25) is 0 Å². The molecule has 0 aromatic heterocycles. The summed E-state index contributed by atoms with van der Waals surface area (Å²) in [6.07, 6.45) is 0.652. The van der Waals surface area contributed by atoms with Gasteiger partial charge in [-0.1, -0.05) is 13.8 Å². The summed E-state index contributed by atoms with van der Waals surface area (Å²) in [7, 11) is 1.68. The van der Waals surface area contributed by atoms with E-state index in [1.807, 2.05) is 13.8 Å². The van der Waals surface area contributed by atoms with Gasteiger partial charge in [-0.3, -0.25) is 4.79 Å². The Hall–Kier alpha value is -0.570. The van der Waals surface area contributed by atoms with Gasteiger partial charge >= 0.3 is 5.97 Å². The fourth-order valence-electron chi connectivity index (χ4n) is 1.11. The third kappa shape index (κ3) is 2.89. The highest BCUT2D eigenvalue weighted by atomic mass is 16.4. The Morgan fingerprint density at radius 3 is 2.18 bits per heavy atom. The number of likely N-dealkylation sites (N-methyl/N-ethyl adjacent to an activating group) is 1. The van der Waals surface area contributed by atoms with Crippen LogP contribution in [-0.2, 0) is 4.79 Å². The van der Waals surface area contributed by atoms with Gasteiger partial charge in [0.25, 0.3) is 0 Å². The van der Waals surface area contributed by atoms with Crippen molar-refractivity contribution in [1.29, 1.82) is 0 Å². The van der Waals surface area contributed by atoms with Crippen molar-refractivity contribution in [1.82, 2.24) is 5.32 Å². The molecule has 0 rings (SSSR count). The van der Waals surface area contributed by atoms with Crippen LogP contribution in [0, 0.1) is 5.92 Å². The van der Waals surface area contributed by atoms with Crippen LogP contribution in [0.1, 0.15) is 27.2 Å². The van der Waals surface area contributed by atoms with Crippen LogP contribution in [0.25, 0.3) is 0 Å². The summed E-state index contributed by atoms with van der Waals surface area (Å²) in [6.45, 7) is 5.73. The predicted octanol–water partition coefficient (Wildman–Crippen LogP) is 1.10. The molecule has 3 nitrogen and oxygen atoms in total. The SMILES string of the molecule is CN[C@@](C)(CC(C)C)C(=O)O. The third-order valence-corrected chi connectivity index (χ3v) is 1.84. The highest BCUT2D eigenvalue weighted by Crippen LogP contribution is 2.15. The molecule has 0 saturated carbocycles. The number of rotatable bonds is 4. The van der Waals surface area contributed by atoms with Crippen molar-refractivity contribution in [3.63, 3.8) is 0 Å². The van der Waals surface area contributed by atoms with Crippen LogP contribution in [0.3, 0.4) is 0 Å². The van der Waals surface area contributed by atoms with E-state index in [1.165, 1.54) is 0 Å². The lowest BCUT2D eigenvalue weighted by Crippen LogP contribution is -2.48. The molecule has 0 saturated heterocycles. The average Bonchev–Trinajstić information content (AvgIpc) is 1.86. The fraction of sp³-hybridized carbons (Fsp3) is 0.875. The lowest BCUT2D eigenvalue weighted by Gasteiger charge is -2.25. The van der Waals surface area contributed by atoms with Gasteiger partial charge in [-0.2, -0.15) is 0 Å². The largest absolute Gasteiger partial charge is 0.480 e. The first kappa shape index (κ1) is 10.4. The molecule has 0 aliphatic heterocycles. The van der Waals surface area contributed by atoms with Gasteiger partial charge in [0.2, 0.25) is 0 Å². The Morgan fingerprint density at radius 2 is 2.09 bits per heavy atom. The van der Waals surface area contributed by atoms with E-state index >= 15 is 0 Å². The highest BCUT2D eigenvalue weighted by Gasteiger charge is 2.31. The van der Waals surface area contributed by atoms with Crippen molar-refractivity contribution in [2.45, 2.75) is 32.7 Å². The van der Waals surface area contributed by atoms with Crippen molar-refractivity contribution < 1.29 is 9.90 Å². The van der Waals surface area contributed by atoms with E-state index in [0.717, 1.165) is 0 Å². The lowest BCUT2D eigenvalue weighted by molar-refractivity contribution is -0.144. The first-order valence-electron chi connectivity index (χ1n) is 3.84. The summed E-state index contributed by atoms with van der Waals surface area (Å²) >= 11 is 0. The van der Waals surface area contributed by atoms with Gasteiger partial charge in [0.15, 0.2) is 0 Å². The predicted molar refractivity (Wildman–Crippen MR) is 44.6 cm³/mol. The second-order valence-corrected chi connectivity index (χ2v) is 3.49. The Bertz CT molecular complexity index is 145. The zero-order valence-corrected chi connectivity index (χ0v) is 7.64. The maximum absolute atomic E-state index is 10.7. The van der Waals surface area contributed by atoms with Crippen LogP contribution in [0.4, 0.5) is 0 Å². The molecule has 0 aliphatic rings. The minimum Gasteiger partial charge on any atom is -0.480 e. The molecule has 0 fully saturated rings. The molecule has 0 aliphatic carbocycles. The molecule has 0 aromatic rings. The number of carboxylic acid groups (broad SMARTS) is 1. The minimum atomic E-state index is -0.784. The Kier molecular flexibility index (Phi) is 3.52. The molecule has 0 spiro atoms. The summed E-state index contributed by atoms with van der Waals surface area (Å²) in [6, 6.07) is 0. The Morgan fingerprint density at radius 1 is 1.64 bits per heavy atom. The summed E-state index contributed by atoms with van der Waals surface area (Å²) in [5, 5.41) is 11.6. The molecular weight excluding hydrogens is 142 g/mol. The number of carbonyl (C=O) groups is 1. The first-order chi connectivity index (χ1) is 4.92. The van der Waals surface area contributed by atoms with E-state index in [9.17, 15) is 4.79 Å². The standard InChI is InChI=1S/C8H17NO2/c1-6(2)5-8(3,9-4)7(10)11/h6,9H,5H2,1-4H3,(H,10,11)/t8-/m0/s1. The minimum absolute atomic E-state index is 0.392. The van der Waals surface area contributed by atoms with Gasteiger partial charge in [-0.15, -0.1) is 0 Å². The van der Waals surface area contributed by atoms with Crippen LogP contribution in [0.5, 0.6) is 0 Å². The summed E-state index contributed by atoms with van der Waals surface area (Å²) in [4.78, 5) is 10.7. The molecule has 0 aromatic carbocycles. The Labute approximate surface area is 67.8 Å². The van der Waals surface area contributed by atoms with Gasteiger partial charge in [0.1, 0.15) is 5.54 Å². The molecule has 2 N–H and O–H groups in total. The normalized spacial score (nSPS) is 16.5. The molecule has 66 valence electrons. The molecule has 0 unspecified atom stereocenters. The van der Waals surface area contributed by atoms with Crippen molar-refractivity contribution in [3.8, 4) is 0 Å². The van der Waals surface area contributed by atoms with Crippen molar-refractivity contribution >= 4 is 5.97 Å². The fourth-order valence-corrected chi connectivity index (χ4v) is 1.11. The van der Waals surface area contributed by atoms with E-state index in [1.54, 1.807) is 14.0 Å². The number of nitrogens with one attached hydrogen (secondary N) is 1. The summed E-state index contributed by atoms with van der Waals surface area (Å²) in [5.41, 5.74) is -0.770. The number of hydrogen-bond donors (Lipinski definition) is 2. The summed E-state index contributed by atoms with van der Waals surface area (Å²) < 4.78 is 0. The van der Waals surface area contributed by atoms with E-state index in [4.69, 9.17) is 5.11 Å². The number of hydrogen-bond acceptors (Lipinski definition) is 2. The second-order valence-electron chi connectivity index (χ2n) is 3.49. The zero-order chi connectivity index (χ0) is 9.07. The van der Waals surface area contributed by atoms with Crippen LogP contribution < -0.4 is 5.32 Å². The molecule has 11 heavy (non-hydrogen) atoms. The van der Waals surface area contributed by atoms with Gasteiger partial charge in [-0.05, 0) is 26.3 Å². The topological polar surface area (TPSA) is 49.3 Å². The van der Waals surface area contributed by atoms with E-state index in [-0.39, 0.29) is 0 Å². The van der Waals surface area contributed by atoms with E-state index < -0.39 is 11.5 Å². The summed E-state index contributed by atoms with van der Waals surface area (Å²) in [5.74, 6) is -0.391. The molecule has 0 heterocycles. The van der Waals surface area contributed by atoms with Gasteiger partial charge in [-0.25, -0.2) is 0 Å². The molecule has 3 heteroatoms. The smallest absolute Gasteiger partial charge is 0.323 e. The maximum atomic E-state index is 10.7. The van der Waals surface area contributed by atoms with Crippen molar-refractivity contribution in [3.05, 3.63) is 0 Å². The maximum Gasteiger partial charge on any atom is 0.323 e. The Balaban J connectivity index is 4.22. The van der Waals surface area contributed by atoms with Crippen LogP contribution in [-0.4, -0.2) is 23.7 Å². The van der Waals surface area contributed by atoms with Crippen molar-refractivity contribution in [2.75, 3.05) is 7.05 Å². The third-order valence-electron chi connectivity index (χ3n) is 1.84. The van der Waals surface area contributed by atoms with Crippen LogP contribution >= 0.6 is 0 Å². The number of carboxylic acids is 1. The molecular formula is C8H17NO2. The lowest BCUT2D eigenvalue weighted by atomic mass is 9.91. The molecule has 1 atom stereocenters. The number of aliphatic carboxylic acids is 1. The highest BCUT2D eigenvalue weighted by molar-refractivity contribution is 5.78. The van der Waals surface area contributed by atoms with Gasteiger partial charge in [0, 0.05) is 0 Å². The molecule has 0 bridgehead atoms. The zero-order valence-electron chi connectivity index (χ0n) is 7.64. The van der Waals surface area contributed by atoms with Crippen LogP contribution in [0.15, 0.2) is 0 Å². The van der Waals surface area contributed by atoms with Gasteiger partial charge in [0.05, 0.1) is 0 Å². The quantitative estimate of drug-likeness (QED) is 0.645.